The molecule has 0 bridgehead atoms. The number of aryl methyl sites for hydroxylation is 2. The smallest absolute Gasteiger partial charge is 0.157 e. The molecule has 2 unspecified atom stereocenters. The van der Waals surface area contributed by atoms with Gasteiger partial charge in [0.1, 0.15) is 0 Å². The van der Waals surface area contributed by atoms with Crippen molar-refractivity contribution in [2.45, 2.75) is 31.6 Å². The van der Waals surface area contributed by atoms with E-state index in [4.69, 9.17) is 0 Å². The highest BCUT2D eigenvalue weighted by atomic mass is 32.2. The van der Waals surface area contributed by atoms with Crippen LogP contribution < -0.4 is 5.32 Å². The van der Waals surface area contributed by atoms with Gasteiger partial charge in [0.05, 0.1) is 17.6 Å². The molecule has 2 aromatic rings. The van der Waals surface area contributed by atoms with Crippen LogP contribution in [0.1, 0.15) is 19.0 Å². The fourth-order valence-corrected chi connectivity index (χ4v) is 3.72. The summed E-state index contributed by atoms with van der Waals surface area (Å²) in [5.41, 5.74) is 3.10. The number of fused-ring (bicyclic) bond motifs is 1. The summed E-state index contributed by atoms with van der Waals surface area (Å²) in [6, 6.07) is 2.73. The summed E-state index contributed by atoms with van der Waals surface area (Å²) in [6.45, 7) is 4.32. The van der Waals surface area contributed by atoms with Gasteiger partial charge in [-0.05, 0) is 25.2 Å². The van der Waals surface area contributed by atoms with Crippen molar-refractivity contribution in [3.8, 4) is 0 Å². The zero-order valence-corrected chi connectivity index (χ0v) is 11.8. The van der Waals surface area contributed by atoms with Crippen molar-refractivity contribution in [2.75, 3.05) is 11.1 Å². The van der Waals surface area contributed by atoms with Crippen molar-refractivity contribution >= 4 is 28.5 Å². The van der Waals surface area contributed by atoms with E-state index in [-0.39, 0.29) is 0 Å². The van der Waals surface area contributed by atoms with Gasteiger partial charge in [-0.1, -0.05) is 6.92 Å². The second kappa shape index (κ2) is 4.46. The van der Waals surface area contributed by atoms with E-state index >= 15 is 0 Å². The molecule has 1 aliphatic rings. The predicted molar refractivity (Wildman–Crippen MR) is 77.2 cm³/mol. The number of nitrogens with zero attached hydrogens (tertiary/aromatic N) is 3. The summed E-state index contributed by atoms with van der Waals surface area (Å²) in [4.78, 5) is 4.50. The van der Waals surface area contributed by atoms with Crippen molar-refractivity contribution < 1.29 is 0 Å². The van der Waals surface area contributed by atoms with Crippen molar-refractivity contribution in [3.05, 3.63) is 18.0 Å². The topological polar surface area (TPSA) is 42.7 Å². The van der Waals surface area contributed by atoms with Crippen LogP contribution in [0.15, 0.2) is 12.3 Å². The summed E-state index contributed by atoms with van der Waals surface area (Å²) in [7, 11) is 1.94. The van der Waals surface area contributed by atoms with Crippen LogP contribution >= 0.6 is 11.8 Å². The first-order valence-corrected chi connectivity index (χ1v) is 7.37. The van der Waals surface area contributed by atoms with Gasteiger partial charge in [0.25, 0.3) is 0 Å². The Balaban J connectivity index is 1.91. The van der Waals surface area contributed by atoms with E-state index in [9.17, 15) is 0 Å². The molecule has 4 nitrogen and oxygen atoms in total. The predicted octanol–water partition coefficient (Wildman–Crippen LogP) is 2.58. The second-order valence-corrected chi connectivity index (χ2v) is 6.40. The van der Waals surface area contributed by atoms with E-state index in [1.54, 1.807) is 0 Å². The maximum Gasteiger partial charge on any atom is 0.157 e. The van der Waals surface area contributed by atoms with E-state index in [1.807, 2.05) is 36.6 Å². The minimum absolute atomic E-state index is 0.561. The summed E-state index contributed by atoms with van der Waals surface area (Å²) < 4.78 is 1.84. The Morgan fingerprint density at radius 2 is 2.33 bits per heavy atom. The molecule has 5 heteroatoms. The average Bonchev–Trinajstić information content (AvgIpc) is 2.86. The Morgan fingerprint density at radius 3 is 3.06 bits per heavy atom. The summed E-state index contributed by atoms with van der Waals surface area (Å²) in [6.07, 6.45) is 3.15. The van der Waals surface area contributed by atoms with E-state index in [0.29, 0.717) is 11.3 Å². The maximum atomic E-state index is 4.50. The molecule has 2 atom stereocenters. The van der Waals surface area contributed by atoms with Crippen molar-refractivity contribution in [2.24, 2.45) is 7.05 Å². The first-order valence-electron chi connectivity index (χ1n) is 6.32. The van der Waals surface area contributed by atoms with Crippen LogP contribution in [-0.4, -0.2) is 31.8 Å². The number of nitrogens with one attached hydrogen (secondary N) is 1. The van der Waals surface area contributed by atoms with Crippen LogP contribution in [0.4, 0.5) is 5.69 Å². The molecule has 3 rings (SSSR count). The van der Waals surface area contributed by atoms with Gasteiger partial charge in [-0.25, -0.2) is 4.98 Å². The maximum absolute atomic E-state index is 4.50. The first kappa shape index (κ1) is 11.8. The second-order valence-electron chi connectivity index (χ2n) is 4.92. The SMILES string of the molecule is Cc1nn(C)c2ncc(NC3CCSC3C)cc12. The van der Waals surface area contributed by atoms with E-state index in [1.165, 1.54) is 12.2 Å². The normalized spacial score (nSPS) is 23.7. The molecule has 0 aromatic carbocycles. The van der Waals surface area contributed by atoms with Crippen LogP contribution in [0.2, 0.25) is 0 Å². The van der Waals surface area contributed by atoms with Gasteiger partial charge in [-0.15, -0.1) is 0 Å². The lowest BCUT2D eigenvalue weighted by Gasteiger charge is -2.17. The number of hydrogen-bond donors (Lipinski definition) is 1. The van der Waals surface area contributed by atoms with Crippen LogP contribution in [0, 0.1) is 6.92 Å². The Hall–Kier alpha value is -1.23. The molecule has 0 amide bonds. The molecule has 0 aliphatic carbocycles. The molecule has 96 valence electrons. The average molecular weight is 262 g/mol. The summed E-state index contributed by atoms with van der Waals surface area (Å²) in [5.74, 6) is 1.25. The molecular formula is C13H18N4S. The van der Waals surface area contributed by atoms with Gasteiger partial charge >= 0.3 is 0 Å². The quantitative estimate of drug-likeness (QED) is 0.903. The summed E-state index contributed by atoms with van der Waals surface area (Å²) in [5, 5.41) is 9.82. The number of aromatic nitrogens is 3. The largest absolute Gasteiger partial charge is 0.380 e. The molecule has 1 fully saturated rings. The summed E-state index contributed by atoms with van der Waals surface area (Å²) >= 11 is 2.04. The monoisotopic (exact) mass is 262 g/mol. The molecule has 0 radical (unpaired) electrons. The van der Waals surface area contributed by atoms with Crippen molar-refractivity contribution in [1.82, 2.24) is 14.8 Å². The van der Waals surface area contributed by atoms with E-state index in [0.717, 1.165) is 22.4 Å². The van der Waals surface area contributed by atoms with Crippen molar-refractivity contribution in [3.63, 3.8) is 0 Å². The standard InChI is InChI=1S/C13H18N4S/c1-8-11-6-10(7-14-13(11)17(3)16-8)15-12-4-5-18-9(12)2/h6-7,9,12,15H,4-5H2,1-3H3. The third kappa shape index (κ3) is 1.96. The third-order valence-corrected chi connectivity index (χ3v) is 4.92. The molecule has 0 saturated carbocycles. The molecule has 3 heterocycles. The minimum atomic E-state index is 0.561. The number of pyridine rings is 1. The highest BCUT2D eigenvalue weighted by Gasteiger charge is 2.23. The first-order chi connectivity index (χ1) is 8.65. The Labute approximate surface area is 111 Å². The van der Waals surface area contributed by atoms with Gasteiger partial charge in [0.15, 0.2) is 5.65 Å². The zero-order chi connectivity index (χ0) is 12.7. The number of rotatable bonds is 2. The molecule has 0 spiro atoms. The van der Waals surface area contributed by atoms with Crippen LogP contribution in [-0.2, 0) is 7.05 Å². The molecule has 18 heavy (non-hydrogen) atoms. The Kier molecular flexibility index (Phi) is 2.93. The van der Waals surface area contributed by atoms with Crippen LogP contribution in [0.5, 0.6) is 0 Å². The van der Waals surface area contributed by atoms with E-state index in [2.05, 4.69) is 28.4 Å². The van der Waals surface area contributed by atoms with Crippen LogP contribution in [0.3, 0.4) is 0 Å². The lowest BCUT2D eigenvalue weighted by molar-refractivity contribution is 0.724. The molecule has 1 N–H and O–H groups in total. The van der Waals surface area contributed by atoms with Gasteiger partial charge in [0, 0.05) is 23.7 Å². The van der Waals surface area contributed by atoms with Gasteiger partial charge < -0.3 is 5.32 Å². The van der Waals surface area contributed by atoms with Gasteiger partial charge in [-0.3, -0.25) is 4.68 Å². The lowest BCUT2D eigenvalue weighted by Crippen LogP contribution is -2.24. The highest BCUT2D eigenvalue weighted by Crippen LogP contribution is 2.29. The number of thioether (sulfide) groups is 1. The lowest BCUT2D eigenvalue weighted by atomic mass is 10.1. The number of hydrogen-bond acceptors (Lipinski definition) is 4. The van der Waals surface area contributed by atoms with Crippen molar-refractivity contribution in [1.29, 1.82) is 0 Å². The van der Waals surface area contributed by atoms with E-state index < -0.39 is 0 Å². The van der Waals surface area contributed by atoms with Crippen LogP contribution in [0.25, 0.3) is 11.0 Å². The molecule has 2 aromatic heterocycles. The van der Waals surface area contributed by atoms with Gasteiger partial charge in [0.2, 0.25) is 0 Å². The number of anilines is 1. The zero-order valence-electron chi connectivity index (χ0n) is 11.0. The minimum Gasteiger partial charge on any atom is -0.380 e. The Morgan fingerprint density at radius 1 is 1.50 bits per heavy atom. The van der Waals surface area contributed by atoms with Gasteiger partial charge in [-0.2, -0.15) is 16.9 Å². The molecular weight excluding hydrogens is 244 g/mol. The molecule has 1 aliphatic heterocycles. The highest BCUT2D eigenvalue weighted by molar-refractivity contribution is 8.00. The fourth-order valence-electron chi connectivity index (χ4n) is 2.52. The third-order valence-electron chi connectivity index (χ3n) is 3.59. The fraction of sp³-hybridized carbons (Fsp3) is 0.538. The molecule has 1 saturated heterocycles. The Bertz CT molecular complexity index is 578.